The maximum atomic E-state index is 8.90. The molecule has 0 amide bonds. The zero-order valence-corrected chi connectivity index (χ0v) is 8.70. The van der Waals surface area contributed by atoms with Crippen molar-refractivity contribution in [2.24, 2.45) is 5.73 Å². The smallest absolute Gasteiger partial charge is 0.166 e. The molecule has 2 aromatic heterocycles. The normalized spacial score (nSPS) is 10.5. The lowest BCUT2D eigenvalue weighted by Gasteiger charge is -1.99. The van der Waals surface area contributed by atoms with E-state index in [-0.39, 0.29) is 0 Å². The molecule has 0 spiro atoms. The van der Waals surface area contributed by atoms with Gasteiger partial charge in [0.25, 0.3) is 0 Å². The summed E-state index contributed by atoms with van der Waals surface area (Å²) in [6.45, 7) is 0.497. The molecular weight excluding hydrogens is 212 g/mol. The minimum absolute atomic E-state index is 0.412. The van der Waals surface area contributed by atoms with Gasteiger partial charge in [-0.15, -0.1) is 0 Å². The molecule has 0 aliphatic heterocycles. The van der Waals surface area contributed by atoms with Crippen LogP contribution in [0.3, 0.4) is 0 Å². The maximum absolute atomic E-state index is 8.90. The van der Waals surface area contributed by atoms with Crippen LogP contribution >= 0.6 is 11.6 Å². The highest BCUT2D eigenvalue weighted by molar-refractivity contribution is 6.30. The summed E-state index contributed by atoms with van der Waals surface area (Å²) in [7, 11) is 0. The minimum Gasteiger partial charge on any atom is -0.330 e. The number of nitriles is 1. The number of fused-ring (bicyclic) bond motifs is 1. The van der Waals surface area contributed by atoms with E-state index in [9.17, 15) is 0 Å². The molecule has 2 aromatic rings. The number of imidazole rings is 1. The fourth-order valence-corrected chi connectivity index (χ4v) is 1.67. The number of rotatable bonds is 2. The Morgan fingerprint density at radius 1 is 1.53 bits per heavy atom. The molecule has 0 radical (unpaired) electrons. The van der Waals surface area contributed by atoms with Gasteiger partial charge in [-0.3, -0.25) is 0 Å². The Morgan fingerprint density at radius 2 is 2.33 bits per heavy atom. The zero-order chi connectivity index (χ0) is 10.8. The van der Waals surface area contributed by atoms with Crippen LogP contribution < -0.4 is 5.73 Å². The number of nitrogens with zero attached hydrogens (tertiary/aromatic N) is 3. The van der Waals surface area contributed by atoms with Gasteiger partial charge in [0, 0.05) is 12.6 Å². The third-order valence-electron chi connectivity index (χ3n) is 2.15. The quantitative estimate of drug-likeness (QED) is 0.831. The van der Waals surface area contributed by atoms with Crippen LogP contribution in [-0.2, 0) is 6.42 Å². The van der Waals surface area contributed by atoms with Crippen LogP contribution in [0.1, 0.15) is 11.5 Å². The van der Waals surface area contributed by atoms with Crippen LogP contribution in [0.4, 0.5) is 0 Å². The Bertz CT molecular complexity index is 538. The molecule has 2 rings (SSSR count). The number of nitrogens with two attached hydrogens (primary N) is 1. The van der Waals surface area contributed by atoms with E-state index < -0.39 is 0 Å². The fourth-order valence-electron chi connectivity index (χ4n) is 1.51. The second-order valence-electron chi connectivity index (χ2n) is 3.13. The van der Waals surface area contributed by atoms with Crippen molar-refractivity contribution < 1.29 is 0 Å². The lowest BCUT2D eigenvalue weighted by Crippen LogP contribution is -2.06. The van der Waals surface area contributed by atoms with Gasteiger partial charge in [-0.05, 0) is 18.7 Å². The molecule has 2 N–H and O–H groups in total. The van der Waals surface area contributed by atoms with Crippen LogP contribution in [0.2, 0.25) is 5.02 Å². The lowest BCUT2D eigenvalue weighted by atomic mass is 10.3. The first-order valence-electron chi connectivity index (χ1n) is 4.53. The molecule has 0 aliphatic rings. The Labute approximate surface area is 91.9 Å². The monoisotopic (exact) mass is 220 g/mol. The van der Waals surface area contributed by atoms with Crippen LogP contribution in [0.5, 0.6) is 0 Å². The molecule has 0 saturated carbocycles. The Kier molecular flexibility index (Phi) is 2.58. The summed E-state index contributed by atoms with van der Waals surface area (Å²) in [5, 5.41) is 9.51. The average molecular weight is 221 g/mol. The Hall–Kier alpha value is -1.57. The molecule has 0 bridgehead atoms. The molecule has 15 heavy (non-hydrogen) atoms. The Morgan fingerprint density at radius 3 is 3.00 bits per heavy atom. The summed E-state index contributed by atoms with van der Waals surface area (Å²) < 4.78 is 1.81. The van der Waals surface area contributed by atoms with E-state index in [0.717, 1.165) is 11.3 Å². The number of halogens is 1. The third-order valence-corrected chi connectivity index (χ3v) is 2.37. The minimum atomic E-state index is 0.412. The standard InChI is InChI=1S/C10H9ClN4/c11-7-1-2-9-8(5-13)14-10(3-4-12)15(9)6-7/h1-2,6H,3-4,12H2. The third kappa shape index (κ3) is 1.67. The SMILES string of the molecule is N#Cc1nc(CCN)n2cc(Cl)ccc12. The van der Waals surface area contributed by atoms with E-state index in [1.807, 2.05) is 4.40 Å². The van der Waals surface area contributed by atoms with Crippen LogP contribution in [0, 0.1) is 11.3 Å². The van der Waals surface area contributed by atoms with Crippen molar-refractivity contribution in [3.8, 4) is 6.07 Å². The topological polar surface area (TPSA) is 67.1 Å². The molecule has 0 aromatic carbocycles. The predicted octanol–water partition coefficient (Wildman–Crippen LogP) is 1.36. The molecule has 0 aliphatic carbocycles. The summed E-state index contributed by atoms with van der Waals surface area (Å²) >= 11 is 5.88. The first-order chi connectivity index (χ1) is 7.26. The fraction of sp³-hybridized carbons (Fsp3) is 0.200. The highest BCUT2D eigenvalue weighted by Crippen LogP contribution is 2.16. The van der Waals surface area contributed by atoms with Gasteiger partial charge in [-0.2, -0.15) is 5.26 Å². The number of aromatic nitrogens is 2. The molecule has 5 heteroatoms. The highest BCUT2D eigenvalue weighted by Gasteiger charge is 2.09. The highest BCUT2D eigenvalue weighted by atomic mass is 35.5. The van der Waals surface area contributed by atoms with Crippen molar-refractivity contribution in [1.29, 1.82) is 5.26 Å². The van der Waals surface area contributed by atoms with Gasteiger partial charge in [0.05, 0.1) is 10.5 Å². The van der Waals surface area contributed by atoms with Crippen LogP contribution in [-0.4, -0.2) is 15.9 Å². The van der Waals surface area contributed by atoms with Crippen molar-refractivity contribution in [2.45, 2.75) is 6.42 Å². The van der Waals surface area contributed by atoms with Gasteiger partial charge in [0.15, 0.2) is 5.69 Å². The summed E-state index contributed by atoms with van der Waals surface area (Å²) in [6, 6.07) is 5.58. The number of hydrogen-bond donors (Lipinski definition) is 1. The van der Waals surface area contributed by atoms with Crippen molar-refractivity contribution in [3.05, 3.63) is 34.9 Å². The number of pyridine rings is 1. The Balaban J connectivity index is 2.71. The predicted molar refractivity (Wildman–Crippen MR) is 57.7 cm³/mol. The average Bonchev–Trinajstić information content (AvgIpc) is 2.57. The van der Waals surface area contributed by atoms with Crippen LogP contribution in [0.15, 0.2) is 18.3 Å². The summed E-state index contributed by atoms with van der Waals surface area (Å²) in [6.07, 6.45) is 2.37. The molecule has 0 atom stereocenters. The van der Waals surface area contributed by atoms with Crippen molar-refractivity contribution in [1.82, 2.24) is 9.38 Å². The second kappa shape index (κ2) is 3.89. The van der Waals surface area contributed by atoms with Gasteiger partial charge >= 0.3 is 0 Å². The maximum Gasteiger partial charge on any atom is 0.166 e. The van der Waals surface area contributed by atoms with Gasteiger partial charge in [0.2, 0.25) is 0 Å². The van der Waals surface area contributed by atoms with Gasteiger partial charge in [0.1, 0.15) is 11.9 Å². The molecular formula is C10H9ClN4. The molecule has 0 fully saturated rings. The zero-order valence-electron chi connectivity index (χ0n) is 7.94. The van der Waals surface area contributed by atoms with Crippen LogP contribution in [0.25, 0.3) is 5.52 Å². The molecule has 4 nitrogen and oxygen atoms in total. The van der Waals surface area contributed by atoms with Gasteiger partial charge in [-0.1, -0.05) is 11.6 Å². The van der Waals surface area contributed by atoms with E-state index in [1.165, 1.54) is 0 Å². The van der Waals surface area contributed by atoms with Crippen molar-refractivity contribution in [3.63, 3.8) is 0 Å². The first-order valence-corrected chi connectivity index (χ1v) is 4.90. The van der Waals surface area contributed by atoms with E-state index in [1.54, 1.807) is 18.3 Å². The largest absolute Gasteiger partial charge is 0.330 e. The first kappa shape index (κ1) is 9.97. The molecule has 76 valence electrons. The molecule has 2 heterocycles. The molecule has 0 saturated heterocycles. The number of hydrogen-bond acceptors (Lipinski definition) is 3. The molecule has 0 unspecified atom stereocenters. The summed E-state index contributed by atoms with van der Waals surface area (Å²) in [4.78, 5) is 4.20. The van der Waals surface area contributed by atoms with Crippen molar-refractivity contribution >= 4 is 17.1 Å². The van der Waals surface area contributed by atoms with E-state index in [2.05, 4.69) is 11.1 Å². The summed E-state index contributed by atoms with van der Waals surface area (Å²) in [5.41, 5.74) is 6.65. The van der Waals surface area contributed by atoms with E-state index in [4.69, 9.17) is 22.6 Å². The van der Waals surface area contributed by atoms with E-state index in [0.29, 0.717) is 23.7 Å². The second-order valence-corrected chi connectivity index (χ2v) is 3.57. The van der Waals surface area contributed by atoms with E-state index >= 15 is 0 Å². The van der Waals surface area contributed by atoms with Gasteiger partial charge < -0.3 is 10.1 Å². The lowest BCUT2D eigenvalue weighted by molar-refractivity contribution is 0.862. The van der Waals surface area contributed by atoms with Crippen molar-refractivity contribution in [2.75, 3.05) is 6.54 Å². The van der Waals surface area contributed by atoms with Gasteiger partial charge in [-0.25, -0.2) is 4.98 Å². The summed E-state index contributed by atoms with van der Waals surface area (Å²) in [5.74, 6) is 0.770.